The van der Waals surface area contributed by atoms with E-state index >= 15 is 0 Å². The molecule has 9 nitrogen and oxygen atoms in total. The summed E-state index contributed by atoms with van der Waals surface area (Å²) in [7, 11) is -2.61. The highest BCUT2D eigenvalue weighted by Gasteiger charge is 2.24. The summed E-state index contributed by atoms with van der Waals surface area (Å²) < 4.78 is 37.5. The van der Waals surface area contributed by atoms with Gasteiger partial charge in [-0.2, -0.15) is 4.31 Å². The number of carbonyl (C=O) groups excluding carboxylic acids is 2. The van der Waals surface area contributed by atoms with Gasteiger partial charge in [0.15, 0.2) is 6.10 Å². The summed E-state index contributed by atoms with van der Waals surface area (Å²) in [5.41, 5.74) is 4.46. The van der Waals surface area contributed by atoms with Crippen LogP contribution in [0.15, 0.2) is 71.6 Å². The van der Waals surface area contributed by atoms with E-state index in [1.807, 2.05) is 31.2 Å². The minimum Gasteiger partial charge on any atom is -0.494 e. The Hall–Kier alpha value is -3.63. The zero-order valence-electron chi connectivity index (χ0n) is 19.1. The Morgan fingerprint density at radius 1 is 0.941 bits per heavy atom. The summed E-state index contributed by atoms with van der Waals surface area (Å²) in [6.07, 6.45) is -0.905. The predicted molar refractivity (Wildman–Crippen MR) is 128 cm³/mol. The monoisotopic (exact) mass is 485 g/mol. The van der Waals surface area contributed by atoms with Crippen molar-refractivity contribution in [3.8, 4) is 11.5 Å². The van der Waals surface area contributed by atoms with E-state index in [1.165, 1.54) is 20.0 Å². The highest BCUT2D eigenvalue weighted by Crippen LogP contribution is 2.21. The number of amides is 2. The van der Waals surface area contributed by atoms with Crippen molar-refractivity contribution in [3.05, 3.63) is 66.7 Å². The Balaban J connectivity index is 1.52. The van der Waals surface area contributed by atoms with Crippen molar-refractivity contribution < 1.29 is 27.5 Å². The molecule has 0 heterocycles. The number of nitrogens with zero attached hydrogens (tertiary/aromatic N) is 1. The van der Waals surface area contributed by atoms with E-state index in [0.717, 1.165) is 15.1 Å². The van der Waals surface area contributed by atoms with E-state index in [1.54, 1.807) is 36.4 Å². The van der Waals surface area contributed by atoms with Gasteiger partial charge in [0.05, 0.1) is 18.0 Å². The summed E-state index contributed by atoms with van der Waals surface area (Å²) >= 11 is 0. The smallest absolute Gasteiger partial charge is 0.279 e. The minimum absolute atomic E-state index is 0.0721. The zero-order chi connectivity index (χ0) is 24.7. The van der Waals surface area contributed by atoms with Gasteiger partial charge in [0, 0.05) is 7.05 Å². The van der Waals surface area contributed by atoms with E-state index in [2.05, 4.69) is 10.9 Å². The number of carbonyl (C=O) groups is 2. The number of sulfonamides is 1. The lowest BCUT2D eigenvalue weighted by atomic mass is 10.1. The number of rotatable bonds is 9. The molecule has 3 aromatic rings. The van der Waals surface area contributed by atoms with Crippen molar-refractivity contribution >= 4 is 32.6 Å². The topological polar surface area (TPSA) is 114 Å². The van der Waals surface area contributed by atoms with Crippen molar-refractivity contribution in [1.82, 2.24) is 15.2 Å². The van der Waals surface area contributed by atoms with E-state index in [-0.39, 0.29) is 4.90 Å². The molecule has 10 heteroatoms. The van der Waals surface area contributed by atoms with Gasteiger partial charge in [0.25, 0.3) is 11.8 Å². The highest BCUT2D eigenvalue weighted by molar-refractivity contribution is 7.89. The molecule has 2 amide bonds. The third-order valence-electron chi connectivity index (χ3n) is 4.94. The van der Waals surface area contributed by atoms with Crippen molar-refractivity contribution in [2.24, 2.45) is 0 Å². The van der Waals surface area contributed by atoms with Crippen LogP contribution in [-0.4, -0.2) is 50.8 Å². The van der Waals surface area contributed by atoms with Crippen molar-refractivity contribution in [2.45, 2.75) is 24.8 Å². The first-order chi connectivity index (χ1) is 16.2. The standard InChI is InChI=1S/C24H27N3O6S/c1-4-32-20-10-12-21(13-11-20)33-17(2)24(29)26-25-23(28)16-27(3)34(30,31)22-14-9-18-7-5-6-8-19(18)15-22/h5-15,17H,4,16H2,1-3H3,(H,25,28)(H,26,29). The molecule has 3 rings (SSSR count). The predicted octanol–water partition coefficient (Wildman–Crippen LogP) is 2.47. The first kappa shape index (κ1) is 25.0. The molecular weight excluding hydrogens is 458 g/mol. The Kier molecular flexibility index (Phi) is 8.08. The maximum absolute atomic E-state index is 12.9. The van der Waals surface area contributed by atoms with Gasteiger partial charge < -0.3 is 9.47 Å². The van der Waals surface area contributed by atoms with Gasteiger partial charge in [-0.05, 0) is 61.0 Å². The normalized spacial score (nSPS) is 12.2. The van der Waals surface area contributed by atoms with Crippen LogP contribution < -0.4 is 20.3 Å². The van der Waals surface area contributed by atoms with Gasteiger partial charge in [0.1, 0.15) is 11.5 Å². The molecule has 0 fully saturated rings. The van der Waals surface area contributed by atoms with Crippen LogP contribution >= 0.6 is 0 Å². The van der Waals surface area contributed by atoms with E-state index < -0.39 is 34.5 Å². The molecule has 0 spiro atoms. The molecule has 0 saturated heterocycles. The van der Waals surface area contributed by atoms with Gasteiger partial charge in [-0.3, -0.25) is 20.4 Å². The number of hydrogen-bond acceptors (Lipinski definition) is 6. The van der Waals surface area contributed by atoms with Crippen LogP contribution in [0.4, 0.5) is 0 Å². The molecule has 0 aliphatic rings. The summed E-state index contributed by atoms with van der Waals surface area (Å²) in [6, 6.07) is 18.9. The van der Waals surface area contributed by atoms with Crippen LogP contribution in [0.1, 0.15) is 13.8 Å². The van der Waals surface area contributed by atoms with Crippen molar-refractivity contribution in [2.75, 3.05) is 20.2 Å². The van der Waals surface area contributed by atoms with Crippen LogP contribution in [0.3, 0.4) is 0 Å². The highest BCUT2D eigenvalue weighted by atomic mass is 32.2. The maximum atomic E-state index is 12.9. The Bertz CT molecular complexity index is 1260. The van der Waals surface area contributed by atoms with Gasteiger partial charge in [-0.15, -0.1) is 0 Å². The molecule has 1 atom stereocenters. The number of fused-ring (bicyclic) bond motifs is 1. The summed E-state index contributed by atoms with van der Waals surface area (Å²) in [5, 5.41) is 1.68. The molecule has 3 aromatic carbocycles. The molecule has 180 valence electrons. The van der Waals surface area contributed by atoms with Gasteiger partial charge in [0.2, 0.25) is 10.0 Å². The van der Waals surface area contributed by atoms with E-state index in [4.69, 9.17) is 9.47 Å². The number of likely N-dealkylation sites (N-methyl/N-ethyl adjacent to an activating group) is 1. The SMILES string of the molecule is CCOc1ccc(OC(C)C(=O)NNC(=O)CN(C)S(=O)(=O)c2ccc3ccccc3c2)cc1. The largest absolute Gasteiger partial charge is 0.494 e. The summed E-state index contributed by atoms with van der Waals surface area (Å²) in [5.74, 6) is -0.156. The quantitative estimate of drug-likeness (QED) is 0.450. The third-order valence-corrected chi connectivity index (χ3v) is 6.74. The molecule has 1 unspecified atom stereocenters. The Morgan fingerprint density at radius 3 is 2.26 bits per heavy atom. The molecule has 0 aliphatic heterocycles. The average Bonchev–Trinajstić information content (AvgIpc) is 2.83. The Morgan fingerprint density at radius 2 is 1.59 bits per heavy atom. The fourth-order valence-electron chi connectivity index (χ4n) is 3.11. The summed E-state index contributed by atoms with van der Waals surface area (Å²) in [4.78, 5) is 24.6. The lowest BCUT2D eigenvalue weighted by molar-refractivity contribution is -0.132. The minimum atomic E-state index is -3.90. The first-order valence-corrected chi connectivity index (χ1v) is 12.1. The number of hydrogen-bond donors (Lipinski definition) is 2. The third kappa shape index (κ3) is 6.24. The molecule has 0 aromatic heterocycles. The van der Waals surface area contributed by atoms with Crippen LogP contribution in [0.5, 0.6) is 11.5 Å². The zero-order valence-corrected chi connectivity index (χ0v) is 20.0. The molecule has 2 N–H and O–H groups in total. The lowest BCUT2D eigenvalue weighted by Crippen LogP contribution is -2.50. The molecule has 0 saturated carbocycles. The van der Waals surface area contributed by atoms with E-state index in [0.29, 0.717) is 18.1 Å². The average molecular weight is 486 g/mol. The Labute approximate surface area is 198 Å². The van der Waals surface area contributed by atoms with Crippen molar-refractivity contribution in [3.63, 3.8) is 0 Å². The van der Waals surface area contributed by atoms with Crippen LogP contribution in [-0.2, 0) is 19.6 Å². The number of nitrogens with one attached hydrogen (secondary N) is 2. The van der Waals surface area contributed by atoms with Crippen LogP contribution in [0.25, 0.3) is 10.8 Å². The van der Waals surface area contributed by atoms with E-state index in [9.17, 15) is 18.0 Å². The molecule has 0 radical (unpaired) electrons. The second kappa shape index (κ2) is 11.0. The molecular formula is C24H27N3O6S. The summed E-state index contributed by atoms with van der Waals surface area (Å²) in [6.45, 7) is 3.46. The fraction of sp³-hybridized carbons (Fsp3) is 0.250. The molecule has 34 heavy (non-hydrogen) atoms. The number of hydrazine groups is 1. The lowest BCUT2D eigenvalue weighted by Gasteiger charge is -2.18. The van der Waals surface area contributed by atoms with Gasteiger partial charge in [-0.25, -0.2) is 8.42 Å². The van der Waals surface area contributed by atoms with Crippen LogP contribution in [0, 0.1) is 0 Å². The van der Waals surface area contributed by atoms with Gasteiger partial charge in [-0.1, -0.05) is 30.3 Å². The van der Waals surface area contributed by atoms with Gasteiger partial charge >= 0.3 is 0 Å². The van der Waals surface area contributed by atoms with Crippen LogP contribution in [0.2, 0.25) is 0 Å². The second-order valence-electron chi connectivity index (χ2n) is 7.47. The molecule has 0 bridgehead atoms. The second-order valence-corrected chi connectivity index (χ2v) is 9.52. The maximum Gasteiger partial charge on any atom is 0.279 e. The molecule has 0 aliphatic carbocycles. The number of ether oxygens (including phenoxy) is 2. The number of benzene rings is 3. The van der Waals surface area contributed by atoms with Crippen molar-refractivity contribution in [1.29, 1.82) is 0 Å². The first-order valence-electron chi connectivity index (χ1n) is 10.6. The fourth-order valence-corrected chi connectivity index (χ4v) is 4.27.